The molecule has 2 N–H and O–H groups in total. The number of ether oxygens (including phenoxy) is 1. The highest BCUT2D eigenvalue weighted by Crippen LogP contribution is 2.18. The molecule has 0 bridgehead atoms. The first-order valence-corrected chi connectivity index (χ1v) is 5.10. The highest BCUT2D eigenvalue weighted by atomic mass is 16.5. The Hall–Kier alpha value is -2.04. The van der Waals surface area contributed by atoms with Gasteiger partial charge in [-0.1, -0.05) is 12.1 Å². The Labute approximate surface area is 93.8 Å². The lowest BCUT2D eigenvalue weighted by Gasteiger charge is -2.05. The number of methoxy groups -OCH3 is 1. The average Bonchev–Trinajstić information content (AvgIpc) is 2.70. The van der Waals surface area contributed by atoms with Gasteiger partial charge in [0.15, 0.2) is 5.82 Å². The predicted molar refractivity (Wildman–Crippen MR) is 61.7 cm³/mol. The third-order valence-electron chi connectivity index (χ3n) is 2.45. The summed E-state index contributed by atoms with van der Waals surface area (Å²) in [4.78, 5) is 0. The number of nitrogen functional groups attached to an aromatic ring is 1. The van der Waals surface area contributed by atoms with Crippen LogP contribution in [0.1, 0.15) is 12.6 Å². The molecule has 5 heteroatoms. The van der Waals surface area contributed by atoms with Crippen molar-refractivity contribution >= 4 is 5.82 Å². The second kappa shape index (κ2) is 4.22. The molecule has 0 unspecified atom stereocenters. The van der Waals surface area contributed by atoms with Crippen LogP contribution < -0.4 is 10.5 Å². The molecule has 0 spiro atoms. The van der Waals surface area contributed by atoms with E-state index in [1.807, 2.05) is 31.2 Å². The second-order valence-corrected chi connectivity index (χ2v) is 3.38. The average molecular weight is 218 g/mol. The van der Waals surface area contributed by atoms with Gasteiger partial charge >= 0.3 is 0 Å². The Morgan fingerprint density at radius 2 is 2.00 bits per heavy atom. The van der Waals surface area contributed by atoms with E-state index in [9.17, 15) is 0 Å². The van der Waals surface area contributed by atoms with Crippen LogP contribution in [0.4, 0.5) is 5.82 Å². The smallest absolute Gasteiger partial charge is 0.169 e. The number of hydrogen-bond acceptors (Lipinski definition) is 4. The Balaban J connectivity index is 2.42. The van der Waals surface area contributed by atoms with Crippen LogP contribution in [-0.4, -0.2) is 22.1 Å². The number of hydrogen-bond donors (Lipinski definition) is 1. The van der Waals surface area contributed by atoms with Crippen LogP contribution in [0.5, 0.6) is 5.75 Å². The molecular weight excluding hydrogens is 204 g/mol. The van der Waals surface area contributed by atoms with E-state index in [-0.39, 0.29) is 0 Å². The monoisotopic (exact) mass is 218 g/mol. The lowest BCUT2D eigenvalue weighted by molar-refractivity contribution is 0.414. The van der Waals surface area contributed by atoms with E-state index in [1.165, 1.54) is 0 Å². The fourth-order valence-corrected chi connectivity index (χ4v) is 1.57. The number of aromatic nitrogens is 3. The molecule has 0 radical (unpaired) electrons. The zero-order valence-electron chi connectivity index (χ0n) is 9.34. The van der Waals surface area contributed by atoms with Crippen molar-refractivity contribution in [3.05, 3.63) is 30.0 Å². The summed E-state index contributed by atoms with van der Waals surface area (Å²) in [6.07, 6.45) is 0.796. The Bertz CT molecular complexity index is 475. The zero-order valence-corrected chi connectivity index (χ0v) is 9.34. The van der Waals surface area contributed by atoms with Crippen molar-refractivity contribution in [2.75, 3.05) is 12.8 Å². The molecule has 0 amide bonds. The van der Waals surface area contributed by atoms with Gasteiger partial charge in [-0.15, -0.1) is 5.10 Å². The van der Waals surface area contributed by atoms with Crippen molar-refractivity contribution in [1.29, 1.82) is 0 Å². The third-order valence-corrected chi connectivity index (χ3v) is 2.45. The van der Waals surface area contributed by atoms with E-state index >= 15 is 0 Å². The van der Waals surface area contributed by atoms with Gasteiger partial charge in [0.25, 0.3) is 0 Å². The van der Waals surface area contributed by atoms with Crippen molar-refractivity contribution in [3.63, 3.8) is 0 Å². The maximum absolute atomic E-state index is 5.73. The molecule has 0 aliphatic carbocycles. The second-order valence-electron chi connectivity index (χ2n) is 3.38. The highest BCUT2D eigenvalue weighted by molar-refractivity contribution is 5.42. The minimum Gasteiger partial charge on any atom is -0.497 e. The van der Waals surface area contributed by atoms with Crippen LogP contribution >= 0.6 is 0 Å². The molecule has 16 heavy (non-hydrogen) atoms. The Morgan fingerprint density at radius 3 is 2.56 bits per heavy atom. The number of nitrogens with zero attached hydrogens (tertiary/aromatic N) is 3. The molecule has 5 nitrogen and oxygen atoms in total. The highest BCUT2D eigenvalue weighted by Gasteiger charge is 2.09. The number of nitrogens with two attached hydrogens (primary N) is 1. The van der Waals surface area contributed by atoms with Gasteiger partial charge in [0.05, 0.1) is 18.5 Å². The molecule has 1 aromatic heterocycles. The first-order valence-electron chi connectivity index (χ1n) is 5.10. The van der Waals surface area contributed by atoms with Crippen LogP contribution in [0.2, 0.25) is 0 Å². The molecule has 84 valence electrons. The van der Waals surface area contributed by atoms with Gasteiger partial charge < -0.3 is 10.5 Å². The van der Waals surface area contributed by atoms with E-state index in [0.29, 0.717) is 5.82 Å². The van der Waals surface area contributed by atoms with Crippen LogP contribution in [0, 0.1) is 0 Å². The lowest BCUT2D eigenvalue weighted by Crippen LogP contribution is -2.02. The van der Waals surface area contributed by atoms with E-state index in [0.717, 1.165) is 23.6 Å². The number of rotatable bonds is 3. The maximum atomic E-state index is 5.73. The van der Waals surface area contributed by atoms with E-state index < -0.39 is 0 Å². The van der Waals surface area contributed by atoms with Gasteiger partial charge in [0.2, 0.25) is 0 Å². The Kier molecular flexibility index (Phi) is 2.76. The van der Waals surface area contributed by atoms with Crippen LogP contribution in [0.15, 0.2) is 24.3 Å². The molecule has 2 aromatic rings. The third kappa shape index (κ3) is 1.71. The summed E-state index contributed by atoms with van der Waals surface area (Å²) in [6, 6.07) is 7.61. The van der Waals surface area contributed by atoms with Gasteiger partial charge in [-0.3, -0.25) is 0 Å². The summed E-state index contributed by atoms with van der Waals surface area (Å²) in [5.41, 5.74) is 7.58. The van der Waals surface area contributed by atoms with Crippen molar-refractivity contribution in [2.24, 2.45) is 0 Å². The number of benzene rings is 1. The van der Waals surface area contributed by atoms with Gasteiger partial charge in [-0.05, 0) is 30.7 Å². The lowest BCUT2D eigenvalue weighted by atomic mass is 10.2. The summed E-state index contributed by atoms with van der Waals surface area (Å²) in [6.45, 7) is 2.02. The van der Waals surface area contributed by atoms with Crippen molar-refractivity contribution in [2.45, 2.75) is 13.3 Å². The van der Waals surface area contributed by atoms with Gasteiger partial charge in [0, 0.05) is 0 Å². The van der Waals surface area contributed by atoms with Gasteiger partial charge in [-0.25, -0.2) is 4.68 Å². The first kappa shape index (κ1) is 10.5. The minimum absolute atomic E-state index is 0.485. The Morgan fingerprint density at radius 1 is 1.31 bits per heavy atom. The quantitative estimate of drug-likeness (QED) is 0.846. The molecular formula is C11H14N4O. The van der Waals surface area contributed by atoms with Crippen LogP contribution in [0.3, 0.4) is 0 Å². The molecule has 2 rings (SSSR count). The summed E-state index contributed by atoms with van der Waals surface area (Å²) in [5, 5.41) is 7.88. The zero-order chi connectivity index (χ0) is 11.5. The molecule has 0 saturated carbocycles. The van der Waals surface area contributed by atoms with E-state index in [4.69, 9.17) is 10.5 Å². The SMILES string of the molecule is CCc1c(N)nnn1-c1ccc(OC)cc1. The summed E-state index contributed by atoms with van der Waals surface area (Å²) in [7, 11) is 1.64. The van der Waals surface area contributed by atoms with Crippen molar-refractivity contribution in [1.82, 2.24) is 15.0 Å². The van der Waals surface area contributed by atoms with E-state index in [2.05, 4.69) is 10.3 Å². The van der Waals surface area contributed by atoms with Crippen molar-refractivity contribution in [3.8, 4) is 11.4 Å². The van der Waals surface area contributed by atoms with Crippen molar-refractivity contribution < 1.29 is 4.74 Å². The molecule has 0 atom stereocenters. The predicted octanol–water partition coefficient (Wildman–Crippen LogP) is 1.42. The summed E-state index contributed by atoms with van der Waals surface area (Å²) in [5.74, 6) is 1.30. The van der Waals surface area contributed by atoms with Crippen LogP contribution in [0.25, 0.3) is 5.69 Å². The molecule has 1 aromatic carbocycles. The normalized spacial score (nSPS) is 10.4. The summed E-state index contributed by atoms with van der Waals surface area (Å²) >= 11 is 0. The minimum atomic E-state index is 0.485. The standard InChI is InChI=1S/C11H14N4O/c1-3-10-11(12)13-14-15(10)8-4-6-9(16-2)7-5-8/h4-7H,3,12H2,1-2H3. The molecule has 0 fully saturated rings. The van der Waals surface area contributed by atoms with E-state index in [1.54, 1.807) is 11.8 Å². The molecule has 0 aliphatic heterocycles. The molecule has 0 saturated heterocycles. The van der Waals surface area contributed by atoms with Gasteiger partial charge in [0.1, 0.15) is 5.75 Å². The maximum Gasteiger partial charge on any atom is 0.169 e. The fraction of sp³-hybridized carbons (Fsp3) is 0.273. The summed E-state index contributed by atoms with van der Waals surface area (Å²) < 4.78 is 6.84. The first-order chi connectivity index (χ1) is 7.76. The molecule has 1 heterocycles. The number of anilines is 1. The van der Waals surface area contributed by atoms with Crippen LogP contribution in [-0.2, 0) is 6.42 Å². The topological polar surface area (TPSA) is 66.0 Å². The largest absolute Gasteiger partial charge is 0.497 e. The fourth-order valence-electron chi connectivity index (χ4n) is 1.57. The molecule has 0 aliphatic rings. The van der Waals surface area contributed by atoms with Gasteiger partial charge in [-0.2, -0.15) is 0 Å².